The molecule has 7 nitrogen and oxygen atoms in total. The predicted octanol–water partition coefficient (Wildman–Crippen LogP) is 0.653. The van der Waals surface area contributed by atoms with E-state index in [4.69, 9.17) is 5.11 Å². The normalized spacial score (nSPS) is 22.7. The highest BCUT2D eigenvalue weighted by molar-refractivity contribution is 5.79. The van der Waals surface area contributed by atoms with Gasteiger partial charge in [0, 0.05) is 32.1 Å². The number of carboxylic acid groups (broad SMARTS) is 1. The van der Waals surface area contributed by atoms with Crippen LogP contribution in [0.15, 0.2) is 0 Å². The van der Waals surface area contributed by atoms with Crippen LogP contribution >= 0.6 is 0 Å². The Kier molecular flexibility index (Phi) is 6.45. The fourth-order valence-corrected chi connectivity index (χ4v) is 2.30. The van der Waals surface area contributed by atoms with E-state index in [2.05, 4.69) is 10.6 Å². The Morgan fingerprint density at radius 1 is 1.33 bits per heavy atom. The minimum absolute atomic E-state index is 0.0537. The van der Waals surface area contributed by atoms with Crippen LogP contribution in [0.4, 0.5) is 4.79 Å². The Bertz CT molecular complexity index is 400. The van der Waals surface area contributed by atoms with Gasteiger partial charge in [0.1, 0.15) is 0 Å². The lowest BCUT2D eigenvalue weighted by Crippen LogP contribution is -2.41. The van der Waals surface area contributed by atoms with E-state index in [1.54, 1.807) is 0 Å². The molecule has 0 aromatic carbocycles. The first-order chi connectivity index (χ1) is 9.85. The number of carboxylic acids is 1. The van der Waals surface area contributed by atoms with Gasteiger partial charge < -0.3 is 20.6 Å². The molecule has 3 atom stereocenters. The quantitative estimate of drug-likeness (QED) is 0.670. The smallest absolute Gasteiger partial charge is 0.317 e. The third-order valence-corrected chi connectivity index (χ3v) is 3.86. The molecule has 0 saturated carbocycles. The fourth-order valence-electron chi connectivity index (χ4n) is 2.30. The van der Waals surface area contributed by atoms with Gasteiger partial charge in [0.15, 0.2) is 0 Å². The van der Waals surface area contributed by atoms with Crippen molar-refractivity contribution in [1.82, 2.24) is 15.5 Å². The van der Waals surface area contributed by atoms with Crippen LogP contribution in [0.2, 0.25) is 0 Å². The molecule has 0 aromatic rings. The molecule has 1 saturated heterocycles. The van der Waals surface area contributed by atoms with Gasteiger partial charge in [-0.25, -0.2) is 4.79 Å². The molecule has 0 radical (unpaired) electrons. The van der Waals surface area contributed by atoms with Crippen LogP contribution in [0, 0.1) is 11.8 Å². The molecule has 3 N–H and O–H groups in total. The number of carbonyl (C=O) groups is 3. The van der Waals surface area contributed by atoms with Gasteiger partial charge in [-0.1, -0.05) is 13.8 Å². The second-order valence-electron chi connectivity index (χ2n) is 5.69. The van der Waals surface area contributed by atoms with Gasteiger partial charge in [-0.05, 0) is 19.3 Å². The number of carbonyl (C=O) groups excluding carboxylic acids is 2. The summed E-state index contributed by atoms with van der Waals surface area (Å²) in [5.74, 6) is -1.53. The summed E-state index contributed by atoms with van der Waals surface area (Å²) in [6.45, 7) is 6.65. The van der Waals surface area contributed by atoms with Crippen LogP contribution in [0.5, 0.6) is 0 Å². The minimum Gasteiger partial charge on any atom is -0.481 e. The average Bonchev–Trinajstić information content (AvgIpc) is 2.80. The van der Waals surface area contributed by atoms with E-state index in [9.17, 15) is 14.4 Å². The van der Waals surface area contributed by atoms with Gasteiger partial charge in [0.25, 0.3) is 0 Å². The Morgan fingerprint density at radius 2 is 2.00 bits per heavy atom. The lowest BCUT2D eigenvalue weighted by Gasteiger charge is -2.17. The molecule has 0 aliphatic carbocycles. The first-order valence-corrected chi connectivity index (χ1v) is 7.40. The van der Waals surface area contributed by atoms with Crippen molar-refractivity contribution in [3.05, 3.63) is 0 Å². The highest BCUT2D eigenvalue weighted by atomic mass is 16.4. The lowest BCUT2D eigenvalue weighted by atomic mass is 9.99. The summed E-state index contributed by atoms with van der Waals surface area (Å²) in [6.07, 6.45) is 1.09. The third kappa shape index (κ3) is 5.24. The van der Waals surface area contributed by atoms with Gasteiger partial charge in [0.05, 0.1) is 5.92 Å². The van der Waals surface area contributed by atoms with Crippen LogP contribution < -0.4 is 10.6 Å². The maximum Gasteiger partial charge on any atom is 0.317 e. The number of amides is 3. The van der Waals surface area contributed by atoms with Gasteiger partial charge in [-0.3, -0.25) is 9.59 Å². The van der Waals surface area contributed by atoms with Crippen molar-refractivity contribution in [1.29, 1.82) is 0 Å². The Hall–Kier alpha value is -1.79. The maximum absolute atomic E-state index is 11.9. The molecule has 1 heterocycles. The molecule has 0 aromatic heterocycles. The van der Waals surface area contributed by atoms with Crippen molar-refractivity contribution in [2.75, 3.05) is 19.6 Å². The maximum atomic E-state index is 11.9. The number of aliphatic carboxylic acids is 1. The van der Waals surface area contributed by atoms with E-state index in [0.717, 1.165) is 6.42 Å². The van der Waals surface area contributed by atoms with Crippen molar-refractivity contribution in [3.63, 3.8) is 0 Å². The van der Waals surface area contributed by atoms with Crippen molar-refractivity contribution in [3.8, 4) is 0 Å². The molecule has 7 heteroatoms. The average molecular weight is 299 g/mol. The molecular weight excluding hydrogens is 274 g/mol. The van der Waals surface area contributed by atoms with E-state index >= 15 is 0 Å². The second-order valence-corrected chi connectivity index (χ2v) is 5.69. The van der Waals surface area contributed by atoms with Crippen LogP contribution in [0.25, 0.3) is 0 Å². The molecular formula is C14H25N3O4. The first-order valence-electron chi connectivity index (χ1n) is 7.40. The van der Waals surface area contributed by atoms with E-state index in [1.165, 1.54) is 4.90 Å². The van der Waals surface area contributed by atoms with Crippen LogP contribution in [0.3, 0.4) is 0 Å². The predicted molar refractivity (Wildman–Crippen MR) is 77.8 cm³/mol. The number of hydrogen-bond donors (Lipinski definition) is 3. The van der Waals surface area contributed by atoms with E-state index < -0.39 is 11.9 Å². The number of hydrogen-bond acceptors (Lipinski definition) is 3. The summed E-state index contributed by atoms with van der Waals surface area (Å²) < 4.78 is 0. The zero-order valence-electron chi connectivity index (χ0n) is 12.9. The monoisotopic (exact) mass is 299 g/mol. The zero-order chi connectivity index (χ0) is 16.0. The molecule has 1 rings (SSSR count). The third-order valence-electron chi connectivity index (χ3n) is 3.86. The van der Waals surface area contributed by atoms with E-state index in [-0.39, 0.29) is 43.4 Å². The zero-order valence-corrected chi connectivity index (χ0v) is 12.9. The van der Waals surface area contributed by atoms with Gasteiger partial charge in [-0.2, -0.15) is 0 Å². The Labute approximate surface area is 125 Å². The number of urea groups is 1. The SMILES string of the molecule is CCC(C)NC(=O)CCNC(=O)N1C[C@@H](C)[C@H](C(=O)O)C1. The Balaban J connectivity index is 2.29. The van der Waals surface area contributed by atoms with Crippen LogP contribution in [-0.4, -0.2) is 53.6 Å². The summed E-state index contributed by atoms with van der Waals surface area (Å²) in [6, 6.07) is -0.175. The molecule has 120 valence electrons. The number of likely N-dealkylation sites (tertiary alicyclic amines) is 1. The largest absolute Gasteiger partial charge is 0.481 e. The molecule has 3 amide bonds. The number of nitrogens with zero attached hydrogens (tertiary/aromatic N) is 1. The minimum atomic E-state index is -0.870. The molecule has 21 heavy (non-hydrogen) atoms. The van der Waals surface area contributed by atoms with E-state index in [0.29, 0.717) is 6.54 Å². The second kappa shape index (κ2) is 7.85. The highest BCUT2D eigenvalue weighted by Gasteiger charge is 2.36. The molecule has 1 fully saturated rings. The molecule has 1 unspecified atom stereocenters. The van der Waals surface area contributed by atoms with E-state index in [1.807, 2.05) is 20.8 Å². The fraction of sp³-hybridized carbons (Fsp3) is 0.786. The summed E-state index contributed by atoms with van der Waals surface area (Å²) in [4.78, 5) is 36.0. The summed E-state index contributed by atoms with van der Waals surface area (Å²) >= 11 is 0. The van der Waals surface area contributed by atoms with Crippen molar-refractivity contribution in [2.24, 2.45) is 11.8 Å². The van der Waals surface area contributed by atoms with Gasteiger partial charge in [0.2, 0.25) is 5.91 Å². The van der Waals surface area contributed by atoms with Gasteiger partial charge in [-0.15, -0.1) is 0 Å². The molecule has 1 aliphatic heterocycles. The topological polar surface area (TPSA) is 98.7 Å². The molecule has 1 aliphatic rings. The summed E-state index contributed by atoms with van der Waals surface area (Å²) in [7, 11) is 0. The summed E-state index contributed by atoms with van der Waals surface area (Å²) in [5, 5.41) is 14.5. The first kappa shape index (κ1) is 17.3. The standard InChI is InChI=1S/C14H25N3O4/c1-4-10(3)16-12(18)5-6-15-14(21)17-7-9(2)11(8-17)13(19)20/h9-11H,4-8H2,1-3H3,(H,15,21)(H,16,18)(H,19,20)/t9-,10?,11-/m1/s1. The summed E-state index contributed by atoms with van der Waals surface area (Å²) in [5.41, 5.74) is 0. The molecule has 0 bridgehead atoms. The van der Waals surface area contributed by atoms with Crippen molar-refractivity contribution in [2.45, 2.75) is 39.7 Å². The van der Waals surface area contributed by atoms with Gasteiger partial charge >= 0.3 is 12.0 Å². The highest BCUT2D eigenvalue weighted by Crippen LogP contribution is 2.22. The Morgan fingerprint density at radius 3 is 2.52 bits per heavy atom. The van der Waals surface area contributed by atoms with Crippen molar-refractivity contribution < 1.29 is 19.5 Å². The number of rotatable bonds is 6. The molecule has 0 spiro atoms. The lowest BCUT2D eigenvalue weighted by molar-refractivity contribution is -0.142. The number of nitrogens with one attached hydrogen (secondary N) is 2. The van der Waals surface area contributed by atoms with Crippen LogP contribution in [-0.2, 0) is 9.59 Å². The van der Waals surface area contributed by atoms with Crippen molar-refractivity contribution >= 4 is 17.9 Å². The van der Waals surface area contributed by atoms with Crippen LogP contribution in [0.1, 0.15) is 33.6 Å².